The van der Waals surface area contributed by atoms with Gasteiger partial charge in [-0.1, -0.05) is 29.8 Å². The molecule has 86 valence electrons. The van der Waals surface area contributed by atoms with Gasteiger partial charge in [0.15, 0.2) is 0 Å². The fourth-order valence-electron chi connectivity index (χ4n) is 2.09. The molecular formula is C13H18N2O. The van der Waals surface area contributed by atoms with Crippen molar-refractivity contribution < 1.29 is 4.79 Å². The Kier molecular flexibility index (Phi) is 3.25. The van der Waals surface area contributed by atoms with E-state index in [1.54, 1.807) is 0 Å². The van der Waals surface area contributed by atoms with Crippen LogP contribution in [0.2, 0.25) is 0 Å². The van der Waals surface area contributed by atoms with Crippen LogP contribution in [-0.4, -0.2) is 18.5 Å². The molecule has 0 bridgehead atoms. The largest absolute Gasteiger partial charge is 0.354 e. The lowest BCUT2D eigenvalue weighted by Gasteiger charge is -2.14. The van der Waals surface area contributed by atoms with E-state index < -0.39 is 0 Å². The molecule has 2 atom stereocenters. The van der Waals surface area contributed by atoms with Gasteiger partial charge in [-0.3, -0.25) is 4.79 Å². The summed E-state index contributed by atoms with van der Waals surface area (Å²) in [5, 5.41) is 2.89. The number of nitrogens with two attached hydrogens (primary N) is 1. The smallest absolute Gasteiger partial charge is 0.236 e. The van der Waals surface area contributed by atoms with Crippen LogP contribution in [0.5, 0.6) is 0 Å². The maximum Gasteiger partial charge on any atom is 0.236 e. The molecular weight excluding hydrogens is 200 g/mol. The lowest BCUT2D eigenvalue weighted by Crippen LogP contribution is -2.38. The molecule has 1 aliphatic heterocycles. The van der Waals surface area contributed by atoms with E-state index in [4.69, 9.17) is 5.73 Å². The van der Waals surface area contributed by atoms with Crippen molar-refractivity contribution in [3.05, 3.63) is 35.4 Å². The number of aryl methyl sites for hydroxylation is 1. The summed E-state index contributed by atoms with van der Waals surface area (Å²) >= 11 is 0. The maximum absolute atomic E-state index is 11.4. The number of carbonyl (C=O) groups is 1. The maximum atomic E-state index is 11.4. The van der Waals surface area contributed by atoms with Crippen LogP contribution in [0.15, 0.2) is 24.3 Å². The third-order valence-corrected chi connectivity index (χ3v) is 3.23. The van der Waals surface area contributed by atoms with Gasteiger partial charge in [-0.25, -0.2) is 0 Å². The van der Waals surface area contributed by atoms with Crippen LogP contribution in [0.25, 0.3) is 0 Å². The molecule has 1 aliphatic rings. The van der Waals surface area contributed by atoms with Crippen LogP contribution in [0, 0.1) is 6.92 Å². The Morgan fingerprint density at radius 2 is 1.94 bits per heavy atom. The van der Waals surface area contributed by atoms with E-state index in [1.807, 2.05) is 0 Å². The van der Waals surface area contributed by atoms with Gasteiger partial charge in [0.2, 0.25) is 5.91 Å². The zero-order chi connectivity index (χ0) is 11.5. The zero-order valence-electron chi connectivity index (χ0n) is 9.57. The Morgan fingerprint density at radius 3 is 2.62 bits per heavy atom. The Labute approximate surface area is 96.0 Å². The van der Waals surface area contributed by atoms with E-state index in [0.717, 1.165) is 12.8 Å². The van der Waals surface area contributed by atoms with Gasteiger partial charge in [-0.05, 0) is 25.3 Å². The molecule has 1 saturated heterocycles. The minimum absolute atomic E-state index is 0.0189. The second-order valence-electron chi connectivity index (χ2n) is 4.54. The van der Waals surface area contributed by atoms with Crippen LogP contribution in [-0.2, 0) is 4.79 Å². The number of hydrogen-bond donors (Lipinski definition) is 2. The number of hydrogen-bond acceptors (Lipinski definition) is 2. The normalized spacial score (nSPS) is 26.0. The first-order chi connectivity index (χ1) is 7.66. The molecule has 0 aliphatic carbocycles. The monoisotopic (exact) mass is 218 g/mol. The minimum atomic E-state index is -0.338. The highest BCUT2D eigenvalue weighted by Gasteiger charge is 2.22. The molecule has 3 N–H and O–H groups in total. The fourth-order valence-corrected chi connectivity index (χ4v) is 2.09. The van der Waals surface area contributed by atoms with Crippen molar-refractivity contribution in [3.63, 3.8) is 0 Å². The molecule has 1 amide bonds. The molecule has 0 aromatic heterocycles. The molecule has 3 heteroatoms. The van der Waals surface area contributed by atoms with Gasteiger partial charge < -0.3 is 11.1 Å². The topological polar surface area (TPSA) is 55.1 Å². The lowest BCUT2D eigenvalue weighted by molar-refractivity contribution is -0.122. The van der Waals surface area contributed by atoms with Gasteiger partial charge in [0.25, 0.3) is 0 Å². The summed E-state index contributed by atoms with van der Waals surface area (Å²) in [4.78, 5) is 11.4. The molecule has 0 spiro atoms. The van der Waals surface area contributed by atoms with Crippen molar-refractivity contribution in [2.24, 2.45) is 5.73 Å². The number of carbonyl (C=O) groups excluding carboxylic acids is 1. The average Bonchev–Trinajstić information content (AvgIpc) is 2.44. The Morgan fingerprint density at radius 1 is 1.25 bits per heavy atom. The Hall–Kier alpha value is -1.35. The number of rotatable bonds is 1. The second kappa shape index (κ2) is 4.66. The first kappa shape index (κ1) is 11.1. The number of amides is 1. The highest BCUT2D eigenvalue weighted by atomic mass is 16.2. The van der Waals surface area contributed by atoms with Crippen molar-refractivity contribution in [1.29, 1.82) is 0 Å². The van der Waals surface area contributed by atoms with Crippen molar-refractivity contribution in [2.45, 2.75) is 31.7 Å². The van der Waals surface area contributed by atoms with Crippen molar-refractivity contribution in [3.8, 4) is 0 Å². The van der Waals surface area contributed by atoms with Crippen molar-refractivity contribution in [2.75, 3.05) is 6.54 Å². The molecule has 0 radical (unpaired) electrons. The summed E-state index contributed by atoms with van der Waals surface area (Å²) < 4.78 is 0. The van der Waals surface area contributed by atoms with Gasteiger partial charge >= 0.3 is 0 Å². The highest BCUT2D eigenvalue weighted by molar-refractivity contribution is 5.81. The van der Waals surface area contributed by atoms with Crippen LogP contribution in [0.3, 0.4) is 0 Å². The quantitative estimate of drug-likeness (QED) is 0.747. The van der Waals surface area contributed by atoms with Crippen LogP contribution in [0.4, 0.5) is 0 Å². The first-order valence-corrected chi connectivity index (χ1v) is 5.76. The summed E-state index contributed by atoms with van der Waals surface area (Å²) in [5.74, 6) is 0.382. The average molecular weight is 218 g/mol. The van der Waals surface area contributed by atoms with Crippen LogP contribution < -0.4 is 11.1 Å². The molecule has 1 heterocycles. The van der Waals surface area contributed by atoms with Gasteiger partial charge in [0.1, 0.15) is 0 Å². The lowest BCUT2D eigenvalue weighted by atomic mass is 9.93. The zero-order valence-corrected chi connectivity index (χ0v) is 9.57. The van der Waals surface area contributed by atoms with Crippen LogP contribution in [0.1, 0.15) is 29.9 Å². The first-order valence-electron chi connectivity index (χ1n) is 5.76. The van der Waals surface area contributed by atoms with Crippen molar-refractivity contribution >= 4 is 5.91 Å². The summed E-state index contributed by atoms with van der Waals surface area (Å²) in [6.07, 6.45) is 1.74. The van der Waals surface area contributed by atoms with E-state index in [-0.39, 0.29) is 11.9 Å². The predicted octanol–water partition coefficient (Wildman–Crippen LogP) is 1.32. The predicted molar refractivity (Wildman–Crippen MR) is 64.1 cm³/mol. The molecule has 0 unspecified atom stereocenters. The van der Waals surface area contributed by atoms with E-state index in [1.165, 1.54) is 11.1 Å². The molecule has 16 heavy (non-hydrogen) atoms. The number of benzene rings is 1. The third-order valence-electron chi connectivity index (χ3n) is 3.23. The Balaban J connectivity index is 2.10. The van der Waals surface area contributed by atoms with Gasteiger partial charge in [-0.2, -0.15) is 0 Å². The SMILES string of the molecule is Cc1ccc([C@@H]2CC[C@@H](N)C(=O)NC2)cc1. The van der Waals surface area contributed by atoms with Gasteiger partial charge in [-0.15, -0.1) is 0 Å². The van der Waals surface area contributed by atoms with E-state index >= 15 is 0 Å². The summed E-state index contributed by atoms with van der Waals surface area (Å²) in [6.45, 7) is 2.78. The van der Waals surface area contributed by atoms with E-state index in [0.29, 0.717) is 12.5 Å². The summed E-state index contributed by atoms with van der Waals surface area (Å²) in [6, 6.07) is 8.17. The highest BCUT2D eigenvalue weighted by Crippen LogP contribution is 2.23. The minimum Gasteiger partial charge on any atom is -0.354 e. The second-order valence-corrected chi connectivity index (χ2v) is 4.54. The third kappa shape index (κ3) is 2.42. The van der Waals surface area contributed by atoms with Crippen molar-refractivity contribution in [1.82, 2.24) is 5.32 Å². The number of nitrogens with one attached hydrogen (secondary N) is 1. The van der Waals surface area contributed by atoms with Crippen LogP contribution >= 0.6 is 0 Å². The molecule has 2 rings (SSSR count). The Bertz CT molecular complexity index is 372. The standard InChI is InChI=1S/C13H18N2O/c1-9-2-4-10(5-3-9)11-6-7-12(14)13(16)15-8-11/h2-5,11-12H,6-8,14H2,1H3,(H,15,16)/t11-,12-/m1/s1. The van der Waals surface area contributed by atoms with Gasteiger partial charge in [0, 0.05) is 12.5 Å². The molecule has 0 saturated carbocycles. The fraction of sp³-hybridized carbons (Fsp3) is 0.462. The molecule has 3 nitrogen and oxygen atoms in total. The summed E-state index contributed by atoms with van der Waals surface area (Å²) in [7, 11) is 0. The molecule has 1 aromatic carbocycles. The molecule has 1 fully saturated rings. The van der Waals surface area contributed by atoms with E-state index in [9.17, 15) is 4.79 Å². The molecule has 1 aromatic rings. The summed E-state index contributed by atoms with van der Waals surface area (Å²) in [5.41, 5.74) is 8.28. The van der Waals surface area contributed by atoms with E-state index in [2.05, 4.69) is 36.5 Å². The van der Waals surface area contributed by atoms with Gasteiger partial charge in [0.05, 0.1) is 6.04 Å².